The Morgan fingerprint density at radius 2 is 1.89 bits per heavy atom. The number of thioether (sulfide) groups is 1. The van der Waals surface area contributed by atoms with Crippen LogP contribution in [0.2, 0.25) is 0 Å². The van der Waals surface area contributed by atoms with Gasteiger partial charge in [-0.15, -0.1) is 0 Å². The van der Waals surface area contributed by atoms with E-state index in [2.05, 4.69) is 4.98 Å². The summed E-state index contributed by atoms with van der Waals surface area (Å²) in [4.78, 5) is 19.2. The molecular weight excluding hydrogens is 358 g/mol. The van der Waals surface area contributed by atoms with Crippen LogP contribution in [-0.4, -0.2) is 34.4 Å². The van der Waals surface area contributed by atoms with Gasteiger partial charge in [0.15, 0.2) is 5.16 Å². The Bertz CT molecular complexity index is 878. The average Bonchev–Trinajstić information content (AvgIpc) is 3.17. The van der Waals surface area contributed by atoms with Crippen LogP contribution in [0.1, 0.15) is 13.8 Å². The summed E-state index contributed by atoms with van der Waals surface area (Å²) in [5.74, 6) is 0.871. The van der Waals surface area contributed by atoms with Crippen LogP contribution >= 0.6 is 11.8 Å². The van der Waals surface area contributed by atoms with Gasteiger partial charge in [-0.25, -0.2) is 4.98 Å². The number of amides is 1. The molecular formula is C21H23N3O2S. The van der Waals surface area contributed by atoms with Crippen molar-refractivity contribution in [1.82, 2.24) is 9.55 Å². The Morgan fingerprint density at radius 3 is 2.52 bits per heavy atom. The second kappa shape index (κ2) is 8.77. The highest BCUT2D eigenvalue weighted by atomic mass is 32.2. The summed E-state index contributed by atoms with van der Waals surface area (Å²) in [7, 11) is 1.65. The monoisotopic (exact) mass is 381 g/mol. The lowest BCUT2D eigenvalue weighted by molar-refractivity contribution is -0.117. The number of ether oxygens (including phenoxy) is 1. The van der Waals surface area contributed by atoms with E-state index in [4.69, 9.17) is 4.74 Å². The molecule has 1 amide bonds. The van der Waals surface area contributed by atoms with Crippen LogP contribution in [0, 0.1) is 0 Å². The van der Waals surface area contributed by atoms with Gasteiger partial charge in [0.1, 0.15) is 5.75 Å². The van der Waals surface area contributed by atoms with Gasteiger partial charge in [0.25, 0.3) is 0 Å². The molecule has 0 aliphatic rings. The normalized spacial score (nSPS) is 11.8. The van der Waals surface area contributed by atoms with Crippen LogP contribution in [0.15, 0.2) is 72.1 Å². The van der Waals surface area contributed by atoms with Crippen molar-refractivity contribution in [2.24, 2.45) is 0 Å². The highest BCUT2D eigenvalue weighted by molar-refractivity contribution is 8.00. The van der Waals surface area contributed by atoms with Crippen molar-refractivity contribution < 1.29 is 9.53 Å². The molecule has 3 aromatic rings. The largest absolute Gasteiger partial charge is 0.497 e. The van der Waals surface area contributed by atoms with E-state index in [9.17, 15) is 4.79 Å². The summed E-state index contributed by atoms with van der Waals surface area (Å²) in [5.41, 5.74) is 1.89. The minimum absolute atomic E-state index is 0.0676. The number of hydrogen-bond donors (Lipinski definition) is 0. The first kappa shape index (κ1) is 19.0. The minimum Gasteiger partial charge on any atom is -0.497 e. The molecule has 0 radical (unpaired) electrons. The Balaban J connectivity index is 1.77. The maximum atomic E-state index is 13.0. The van der Waals surface area contributed by atoms with E-state index in [1.807, 2.05) is 79.2 Å². The molecule has 1 aromatic heterocycles. The van der Waals surface area contributed by atoms with Gasteiger partial charge >= 0.3 is 0 Å². The summed E-state index contributed by atoms with van der Waals surface area (Å²) in [6.07, 6.45) is 3.65. The van der Waals surface area contributed by atoms with Crippen molar-refractivity contribution in [2.45, 2.75) is 24.3 Å². The number of methoxy groups -OCH3 is 1. The molecule has 0 spiro atoms. The van der Waals surface area contributed by atoms with Gasteiger partial charge in [-0.1, -0.05) is 30.0 Å². The second-order valence-electron chi connectivity index (χ2n) is 5.96. The first-order valence-corrected chi connectivity index (χ1v) is 9.73. The Labute approximate surface area is 164 Å². The lowest BCUT2D eigenvalue weighted by Gasteiger charge is -2.24. The topological polar surface area (TPSA) is 47.4 Å². The van der Waals surface area contributed by atoms with Gasteiger partial charge in [0.2, 0.25) is 5.91 Å². The number of benzene rings is 2. The predicted octanol–water partition coefficient (Wildman–Crippen LogP) is 4.41. The number of rotatable bonds is 7. The fraction of sp³-hybridized carbons (Fsp3) is 0.238. The molecule has 1 atom stereocenters. The standard InChI is InChI=1S/C21H23N3O2S/c1-4-23(17-8-6-5-7-9-17)20(25)16(2)27-21-22-14-15-24(21)18-10-12-19(26-3)13-11-18/h5-16H,4H2,1-3H3. The maximum Gasteiger partial charge on any atom is 0.240 e. The molecule has 140 valence electrons. The lowest BCUT2D eigenvalue weighted by Crippen LogP contribution is -2.36. The molecule has 2 aromatic carbocycles. The van der Waals surface area contributed by atoms with Crippen molar-refractivity contribution in [3.63, 3.8) is 0 Å². The van der Waals surface area contributed by atoms with Crippen LogP contribution < -0.4 is 9.64 Å². The number of hydrogen-bond acceptors (Lipinski definition) is 4. The number of carbonyl (C=O) groups excluding carboxylic acids is 1. The molecule has 3 rings (SSSR count). The molecule has 0 N–H and O–H groups in total. The molecule has 1 unspecified atom stereocenters. The average molecular weight is 382 g/mol. The number of carbonyl (C=O) groups is 1. The van der Waals surface area contributed by atoms with Crippen molar-refractivity contribution >= 4 is 23.4 Å². The van der Waals surface area contributed by atoms with Gasteiger partial charge in [-0.05, 0) is 50.2 Å². The van der Waals surface area contributed by atoms with Crippen LogP contribution in [0.3, 0.4) is 0 Å². The fourth-order valence-corrected chi connectivity index (χ4v) is 3.76. The maximum absolute atomic E-state index is 13.0. The van der Waals surface area contributed by atoms with E-state index in [1.165, 1.54) is 11.8 Å². The molecule has 0 bridgehead atoms. The summed E-state index contributed by atoms with van der Waals surface area (Å²) in [6.45, 7) is 4.53. The molecule has 1 heterocycles. The highest BCUT2D eigenvalue weighted by Crippen LogP contribution is 2.27. The van der Waals surface area contributed by atoms with E-state index in [0.29, 0.717) is 6.54 Å². The molecule has 5 nitrogen and oxygen atoms in total. The Kier molecular flexibility index (Phi) is 6.19. The predicted molar refractivity (Wildman–Crippen MR) is 110 cm³/mol. The first-order chi connectivity index (χ1) is 13.1. The van der Waals surface area contributed by atoms with Crippen molar-refractivity contribution in [3.05, 3.63) is 67.0 Å². The smallest absolute Gasteiger partial charge is 0.240 e. The summed E-state index contributed by atoms with van der Waals surface area (Å²) in [5, 5.41) is 0.523. The zero-order valence-corrected chi connectivity index (χ0v) is 16.5. The zero-order chi connectivity index (χ0) is 19.2. The van der Waals surface area contributed by atoms with E-state index in [-0.39, 0.29) is 11.2 Å². The van der Waals surface area contributed by atoms with Crippen LogP contribution in [0.5, 0.6) is 5.75 Å². The minimum atomic E-state index is -0.260. The number of anilines is 1. The first-order valence-electron chi connectivity index (χ1n) is 8.85. The van der Waals surface area contributed by atoms with Crippen LogP contribution in [0.25, 0.3) is 5.69 Å². The SMILES string of the molecule is CCN(C(=O)C(C)Sc1nccn1-c1ccc(OC)cc1)c1ccccc1. The molecule has 0 saturated heterocycles. The van der Waals surface area contributed by atoms with Gasteiger partial charge in [-0.2, -0.15) is 0 Å². The van der Waals surface area contributed by atoms with Crippen molar-refractivity contribution in [2.75, 3.05) is 18.6 Å². The summed E-state index contributed by atoms with van der Waals surface area (Å²) >= 11 is 1.46. The molecule has 0 saturated carbocycles. The summed E-state index contributed by atoms with van der Waals surface area (Å²) < 4.78 is 7.19. The van der Waals surface area contributed by atoms with Gasteiger partial charge < -0.3 is 9.64 Å². The van der Waals surface area contributed by atoms with Crippen molar-refractivity contribution in [1.29, 1.82) is 0 Å². The molecule has 0 aliphatic heterocycles. The lowest BCUT2D eigenvalue weighted by atomic mass is 10.2. The number of aromatic nitrogens is 2. The van der Waals surface area contributed by atoms with Gasteiger partial charge in [0, 0.05) is 30.3 Å². The second-order valence-corrected chi connectivity index (χ2v) is 7.26. The zero-order valence-electron chi connectivity index (χ0n) is 15.7. The quantitative estimate of drug-likeness (QED) is 0.569. The molecule has 6 heteroatoms. The number of nitrogens with zero attached hydrogens (tertiary/aromatic N) is 3. The molecule has 0 fully saturated rings. The van der Waals surface area contributed by atoms with E-state index < -0.39 is 0 Å². The molecule has 0 aliphatic carbocycles. The van der Waals surface area contributed by atoms with Gasteiger partial charge in [0.05, 0.1) is 12.4 Å². The highest BCUT2D eigenvalue weighted by Gasteiger charge is 2.23. The third-order valence-electron chi connectivity index (χ3n) is 4.24. The van der Waals surface area contributed by atoms with Crippen LogP contribution in [0.4, 0.5) is 5.69 Å². The Hall–Kier alpha value is -2.73. The Morgan fingerprint density at radius 1 is 1.19 bits per heavy atom. The van der Waals surface area contributed by atoms with E-state index in [1.54, 1.807) is 18.2 Å². The number of imidazole rings is 1. The third-order valence-corrected chi connectivity index (χ3v) is 5.31. The van der Waals surface area contributed by atoms with Crippen molar-refractivity contribution in [3.8, 4) is 11.4 Å². The number of para-hydroxylation sites is 1. The van der Waals surface area contributed by atoms with E-state index in [0.717, 1.165) is 22.3 Å². The fourth-order valence-electron chi connectivity index (χ4n) is 2.82. The summed E-state index contributed by atoms with van der Waals surface area (Å²) in [6, 6.07) is 17.5. The van der Waals surface area contributed by atoms with Gasteiger partial charge in [-0.3, -0.25) is 9.36 Å². The van der Waals surface area contributed by atoms with Crippen LogP contribution in [-0.2, 0) is 4.79 Å². The van der Waals surface area contributed by atoms with E-state index >= 15 is 0 Å². The third kappa shape index (κ3) is 4.34. The molecule has 27 heavy (non-hydrogen) atoms.